The van der Waals surface area contributed by atoms with Crippen molar-refractivity contribution in [2.45, 2.75) is 38.8 Å². The maximum absolute atomic E-state index is 12.5. The number of nitrogens with zero attached hydrogens (tertiary/aromatic N) is 3. The van der Waals surface area contributed by atoms with Crippen LogP contribution in [-0.2, 0) is 6.54 Å². The van der Waals surface area contributed by atoms with E-state index in [4.69, 9.17) is 0 Å². The lowest BCUT2D eigenvalue weighted by Crippen LogP contribution is -2.37. The Labute approximate surface area is 148 Å². The van der Waals surface area contributed by atoms with Gasteiger partial charge >= 0.3 is 6.03 Å². The first-order chi connectivity index (χ1) is 12.0. The predicted molar refractivity (Wildman–Crippen MR) is 97.5 cm³/mol. The van der Waals surface area contributed by atoms with Crippen LogP contribution in [0.15, 0.2) is 36.4 Å². The van der Waals surface area contributed by atoms with Gasteiger partial charge in [-0.1, -0.05) is 36.8 Å². The van der Waals surface area contributed by atoms with Gasteiger partial charge in [0.05, 0.1) is 18.3 Å². The summed E-state index contributed by atoms with van der Waals surface area (Å²) in [6.45, 7) is 3.09. The number of urea groups is 1. The summed E-state index contributed by atoms with van der Waals surface area (Å²) in [4.78, 5) is 14.2. The molecule has 1 aliphatic carbocycles. The fourth-order valence-corrected chi connectivity index (χ4v) is 3.39. The molecule has 1 aromatic carbocycles. The molecule has 6 nitrogen and oxygen atoms in total. The third-order valence-electron chi connectivity index (χ3n) is 4.79. The van der Waals surface area contributed by atoms with Crippen molar-refractivity contribution >= 4 is 11.8 Å². The standard InChI is InChI=1S/C19H26N4O2/c1-14-11-18(23(21-14)12-15-7-4-3-5-8-15)20-19(25)22(2)13-16-9-6-10-17(16)24/h3-5,7-8,11,16-17,24H,6,9-10,12-13H2,1-2H3,(H,20,25). The number of aromatic nitrogens is 2. The number of aryl methyl sites for hydroxylation is 1. The summed E-state index contributed by atoms with van der Waals surface area (Å²) in [5.41, 5.74) is 1.99. The van der Waals surface area contributed by atoms with Crippen LogP contribution in [0.3, 0.4) is 0 Å². The van der Waals surface area contributed by atoms with E-state index in [1.165, 1.54) is 0 Å². The SMILES string of the molecule is Cc1cc(NC(=O)N(C)CC2CCCC2O)n(Cc2ccccc2)n1. The number of carbonyl (C=O) groups excluding carboxylic acids is 1. The summed E-state index contributed by atoms with van der Waals surface area (Å²) < 4.78 is 1.81. The molecule has 0 aliphatic heterocycles. The minimum absolute atomic E-state index is 0.173. The largest absolute Gasteiger partial charge is 0.393 e. The van der Waals surface area contributed by atoms with Gasteiger partial charge in [-0.25, -0.2) is 9.48 Å². The third kappa shape index (κ3) is 4.39. The molecule has 1 saturated carbocycles. The van der Waals surface area contributed by atoms with Gasteiger partial charge in [0.1, 0.15) is 5.82 Å². The van der Waals surface area contributed by atoms with Crippen LogP contribution in [-0.4, -0.2) is 45.5 Å². The number of anilines is 1. The minimum Gasteiger partial charge on any atom is -0.393 e. The number of hydrogen-bond donors (Lipinski definition) is 2. The Morgan fingerprint density at radius 3 is 2.80 bits per heavy atom. The van der Waals surface area contributed by atoms with E-state index in [0.29, 0.717) is 18.9 Å². The Balaban J connectivity index is 1.64. The zero-order chi connectivity index (χ0) is 17.8. The monoisotopic (exact) mass is 342 g/mol. The molecule has 25 heavy (non-hydrogen) atoms. The highest BCUT2D eigenvalue weighted by Gasteiger charge is 2.27. The van der Waals surface area contributed by atoms with Crippen LogP contribution in [0.1, 0.15) is 30.5 Å². The van der Waals surface area contributed by atoms with Crippen LogP contribution in [0.2, 0.25) is 0 Å². The fraction of sp³-hybridized carbons (Fsp3) is 0.474. The molecule has 2 atom stereocenters. The van der Waals surface area contributed by atoms with E-state index in [1.54, 1.807) is 16.6 Å². The molecule has 2 N–H and O–H groups in total. The third-order valence-corrected chi connectivity index (χ3v) is 4.79. The highest BCUT2D eigenvalue weighted by molar-refractivity contribution is 5.88. The summed E-state index contributed by atoms with van der Waals surface area (Å²) in [6.07, 6.45) is 2.55. The smallest absolute Gasteiger partial charge is 0.322 e. The molecule has 0 bridgehead atoms. The molecule has 1 aliphatic rings. The topological polar surface area (TPSA) is 70.4 Å². The Kier molecular flexibility index (Phi) is 5.38. The van der Waals surface area contributed by atoms with Gasteiger partial charge in [-0.05, 0) is 25.3 Å². The van der Waals surface area contributed by atoms with Crippen molar-refractivity contribution in [2.24, 2.45) is 5.92 Å². The summed E-state index contributed by atoms with van der Waals surface area (Å²) in [6, 6.07) is 11.7. The average Bonchev–Trinajstić information content (AvgIpc) is 3.14. The first-order valence-corrected chi connectivity index (χ1v) is 8.81. The van der Waals surface area contributed by atoms with E-state index in [1.807, 2.05) is 43.3 Å². The number of amides is 2. The number of rotatable bonds is 5. The fourth-order valence-electron chi connectivity index (χ4n) is 3.39. The molecule has 1 fully saturated rings. The molecule has 2 aromatic rings. The molecule has 3 rings (SSSR count). The molecule has 2 unspecified atom stereocenters. The number of hydrogen-bond acceptors (Lipinski definition) is 3. The zero-order valence-electron chi connectivity index (χ0n) is 14.9. The second-order valence-electron chi connectivity index (χ2n) is 6.88. The van der Waals surface area contributed by atoms with Crippen molar-refractivity contribution in [2.75, 3.05) is 18.9 Å². The van der Waals surface area contributed by atoms with Crippen LogP contribution < -0.4 is 5.32 Å². The van der Waals surface area contributed by atoms with Crippen LogP contribution in [0.5, 0.6) is 0 Å². The minimum atomic E-state index is -0.291. The molecular weight excluding hydrogens is 316 g/mol. The van der Waals surface area contributed by atoms with Crippen molar-refractivity contribution in [1.29, 1.82) is 0 Å². The molecule has 0 saturated heterocycles. The molecule has 134 valence electrons. The molecule has 6 heteroatoms. The van der Waals surface area contributed by atoms with E-state index in [-0.39, 0.29) is 18.1 Å². The zero-order valence-corrected chi connectivity index (χ0v) is 14.9. The van der Waals surface area contributed by atoms with Gasteiger partial charge in [0.15, 0.2) is 0 Å². The normalized spacial score (nSPS) is 19.8. The summed E-state index contributed by atoms with van der Waals surface area (Å²) >= 11 is 0. The predicted octanol–water partition coefficient (Wildman–Crippen LogP) is 2.86. The number of benzene rings is 1. The highest BCUT2D eigenvalue weighted by atomic mass is 16.3. The van der Waals surface area contributed by atoms with Gasteiger partial charge in [-0.15, -0.1) is 0 Å². The molecule has 1 aromatic heterocycles. The molecule has 0 radical (unpaired) electrons. The molecule has 0 spiro atoms. The highest BCUT2D eigenvalue weighted by Crippen LogP contribution is 2.26. The van der Waals surface area contributed by atoms with Gasteiger partial charge < -0.3 is 10.0 Å². The molecule has 2 amide bonds. The Morgan fingerprint density at radius 2 is 2.12 bits per heavy atom. The van der Waals surface area contributed by atoms with Gasteiger partial charge in [0.25, 0.3) is 0 Å². The van der Waals surface area contributed by atoms with E-state index in [2.05, 4.69) is 10.4 Å². The first kappa shape index (κ1) is 17.5. The van der Waals surface area contributed by atoms with Crippen molar-refractivity contribution in [1.82, 2.24) is 14.7 Å². The van der Waals surface area contributed by atoms with Gasteiger partial charge in [0.2, 0.25) is 0 Å². The maximum Gasteiger partial charge on any atom is 0.322 e. The lowest BCUT2D eigenvalue weighted by Gasteiger charge is -2.23. The van der Waals surface area contributed by atoms with Crippen LogP contribution in [0, 0.1) is 12.8 Å². The van der Waals surface area contributed by atoms with Crippen molar-refractivity contribution in [3.05, 3.63) is 47.7 Å². The summed E-state index contributed by atoms with van der Waals surface area (Å²) in [7, 11) is 1.77. The summed E-state index contributed by atoms with van der Waals surface area (Å²) in [5, 5.41) is 17.4. The van der Waals surface area contributed by atoms with Gasteiger partial charge in [-0.3, -0.25) is 5.32 Å². The van der Waals surface area contributed by atoms with Crippen molar-refractivity contribution in [3.63, 3.8) is 0 Å². The number of aliphatic hydroxyl groups excluding tert-OH is 1. The number of carbonyl (C=O) groups is 1. The van der Waals surface area contributed by atoms with E-state index in [9.17, 15) is 9.90 Å². The quantitative estimate of drug-likeness (QED) is 0.878. The van der Waals surface area contributed by atoms with Crippen molar-refractivity contribution in [3.8, 4) is 0 Å². The van der Waals surface area contributed by atoms with E-state index >= 15 is 0 Å². The number of aliphatic hydroxyl groups is 1. The van der Waals surface area contributed by atoms with Crippen LogP contribution in [0.25, 0.3) is 0 Å². The Bertz CT molecular complexity index is 713. The van der Waals surface area contributed by atoms with Crippen molar-refractivity contribution < 1.29 is 9.90 Å². The Morgan fingerprint density at radius 1 is 1.36 bits per heavy atom. The second kappa shape index (κ2) is 7.70. The lowest BCUT2D eigenvalue weighted by atomic mass is 10.1. The van der Waals surface area contributed by atoms with Crippen LogP contribution in [0.4, 0.5) is 10.6 Å². The lowest BCUT2D eigenvalue weighted by molar-refractivity contribution is 0.116. The maximum atomic E-state index is 12.5. The molecule has 1 heterocycles. The summed E-state index contributed by atoms with van der Waals surface area (Å²) in [5.74, 6) is 0.858. The first-order valence-electron chi connectivity index (χ1n) is 8.81. The molecular formula is C19H26N4O2. The van der Waals surface area contributed by atoms with Gasteiger partial charge in [-0.2, -0.15) is 5.10 Å². The van der Waals surface area contributed by atoms with E-state index < -0.39 is 0 Å². The number of nitrogens with one attached hydrogen (secondary N) is 1. The van der Waals surface area contributed by atoms with Crippen LogP contribution >= 0.6 is 0 Å². The Hall–Kier alpha value is -2.34. The van der Waals surface area contributed by atoms with Gasteiger partial charge in [0, 0.05) is 25.6 Å². The average molecular weight is 342 g/mol. The van der Waals surface area contributed by atoms with E-state index in [0.717, 1.165) is 30.5 Å². The second-order valence-corrected chi connectivity index (χ2v) is 6.88.